The zero-order valence-electron chi connectivity index (χ0n) is 18.6. The summed E-state index contributed by atoms with van der Waals surface area (Å²) in [6.45, 7) is 8.96. The molecule has 0 heterocycles. The lowest BCUT2D eigenvalue weighted by Gasteiger charge is -2.38. The number of ketones is 1. The van der Waals surface area contributed by atoms with E-state index in [4.69, 9.17) is 4.74 Å². The molecule has 0 spiro atoms. The number of Topliss-reactive ketones (excluding diaryl/α,β-unsaturated/α-hetero) is 1. The van der Waals surface area contributed by atoms with Gasteiger partial charge in [0.05, 0.1) is 12.6 Å². The number of nitrogens with one attached hydrogen (secondary N) is 2. The monoisotopic (exact) mass is 424 g/mol. The van der Waals surface area contributed by atoms with Gasteiger partial charge in [0.1, 0.15) is 11.1 Å². The minimum atomic E-state index is -1.03. The number of ether oxygens (including phenoxy) is 1. The molecule has 2 rings (SSSR count). The van der Waals surface area contributed by atoms with Gasteiger partial charge in [0.2, 0.25) is 0 Å². The molecule has 166 valence electrons. The third kappa shape index (κ3) is 7.69. The topological polar surface area (TPSA) is 84.5 Å². The highest BCUT2D eigenvalue weighted by molar-refractivity contribution is 6.02. The van der Waals surface area contributed by atoms with E-state index in [0.717, 1.165) is 24.8 Å². The molecule has 1 unspecified atom stereocenters. The largest absolute Gasteiger partial charge is 0.459 e. The van der Waals surface area contributed by atoms with Gasteiger partial charge in [-0.2, -0.15) is 0 Å². The maximum atomic E-state index is 13.4. The van der Waals surface area contributed by atoms with Gasteiger partial charge < -0.3 is 10.1 Å². The molecule has 6 nitrogen and oxygen atoms in total. The van der Waals surface area contributed by atoms with Gasteiger partial charge in [-0.25, -0.2) is 0 Å². The fourth-order valence-electron chi connectivity index (χ4n) is 3.64. The van der Waals surface area contributed by atoms with Crippen molar-refractivity contribution in [3.05, 3.63) is 48.6 Å². The van der Waals surface area contributed by atoms with Crippen molar-refractivity contribution >= 4 is 17.7 Å². The maximum absolute atomic E-state index is 13.4. The van der Waals surface area contributed by atoms with E-state index in [1.54, 1.807) is 20.8 Å². The van der Waals surface area contributed by atoms with Crippen molar-refractivity contribution in [3.8, 4) is 11.8 Å². The van der Waals surface area contributed by atoms with E-state index in [0.29, 0.717) is 12.8 Å². The zero-order chi connectivity index (χ0) is 22.9. The van der Waals surface area contributed by atoms with Crippen LogP contribution >= 0.6 is 0 Å². The Bertz CT molecular complexity index is 853. The SMILES string of the molecule is C=CC(NCC(=O)OC(C)(C)C)C(=O)C1(NC(=O)C#Cc2ccccc2)CCCCC1. The normalized spacial score (nSPS) is 16.2. The molecule has 1 atom stereocenters. The lowest BCUT2D eigenvalue weighted by Crippen LogP contribution is -2.60. The molecule has 1 saturated carbocycles. The predicted octanol–water partition coefficient (Wildman–Crippen LogP) is 2.91. The number of benzene rings is 1. The fourth-order valence-corrected chi connectivity index (χ4v) is 3.64. The molecular formula is C25H32N2O4. The second-order valence-corrected chi connectivity index (χ2v) is 8.76. The Balaban J connectivity index is 2.10. The minimum absolute atomic E-state index is 0.127. The molecule has 31 heavy (non-hydrogen) atoms. The van der Waals surface area contributed by atoms with Crippen LogP contribution in [0.3, 0.4) is 0 Å². The highest BCUT2D eigenvalue weighted by Crippen LogP contribution is 2.30. The average molecular weight is 425 g/mol. The van der Waals surface area contributed by atoms with Crippen molar-refractivity contribution in [3.63, 3.8) is 0 Å². The Labute approximate surface area is 184 Å². The summed E-state index contributed by atoms with van der Waals surface area (Å²) in [5.74, 6) is 4.26. The van der Waals surface area contributed by atoms with Crippen molar-refractivity contribution in [2.45, 2.75) is 70.1 Å². The lowest BCUT2D eigenvalue weighted by atomic mass is 9.76. The van der Waals surface area contributed by atoms with Gasteiger partial charge in [0, 0.05) is 11.5 Å². The number of hydrogen-bond donors (Lipinski definition) is 2. The number of rotatable bonds is 7. The van der Waals surface area contributed by atoms with Crippen molar-refractivity contribution in [2.24, 2.45) is 0 Å². The fraction of sp³-hybridized carbons (Fsp3) is 0.480. The summed E-state index contributed by atoms with van der Waals surface area (Å²) in [6.07, 6.45) is 5.18. The van der Waals surface area contributed by atoms with Gasteiger partial charge in [-0.1, -0.05) is 49.5 Å². The third-order valence-corrected chi connectivity index (χ3v) is 5.03. The van der Waals surface area contributed by atoms with E-state index in [1.807, 2.05) is 30.3 Å². The van der Waals surface area contributed by atoms with Gasteiger partial charge in [-0.3, -0.25) is 19.7 Å². The first-order valence-electron chi connectivity index (χ1n) is 10.7. The molecular weight excluding hydrogens is 392 g/mol. The first-order chi connectivity index (χ1) is 14.6. The van der Waals surface area contributed by atoms with Crippen molar-refractivity contribution in [1.29, 1.82) is 0 Å². The second-order valence-electron chi connectivity index (χ2n) is 8.76. The number of amides is 1. The van der Waals surface area contributed by atoms with Crippen LogP contribution in [0, 0.1) is 11.8 Å². The zero-order valence-corrected chi connectivity index (χ0v) is 18.6. The number of carbonyl (C=O) groups excluding carboxylic acids is 3. The average Bonchev–Trinajstić information content (AvgIpc) is 2.72. The molecule has 1 aliphatic rings. The van der Waals surface area contributed by atoms with Crippen LogP contribution < -0.4 is 10.6 Å². The van der Waals surface area contributed by atoms with Crippen LogP contribution in [-0.4, -0.2) is 41.4 Å². The number of carbonyl (C=O) groups is 3. The first-order valence-corrected chi connectivity index (χ1v) is 10.7. The molecule has 1 aromatic carbocycles. The molecule has 2 N–H and O–H groups in total. The summed E-state index contributed by atoms with van der Waals surface area (Å²) in [6, 6.07) is 8.42. The first kappa shape index (κ1) is 24.4. The molecule has 0 aliphatic heterocycles. The van der Waals surface area contributed by atoms with Crippen LogP contribution in [0.1, 0.15) is 58.4 Å². The maximum Gasteiger partial charge on any atom is 0.320 e. The second kappa shape index (κ2) is 10.9. The summed E-state index contributed by atoms with van der Waals surface area (Å²) >= 11 is 0. The van der Waals surface area contributed by atoms with Gasteiger partial charge >= 0.3 is 5.97 Å². The van der Waals surface area contributed by atoms with E-state index < -0.39 is 29.1 Å². The molecule has 0 aromatic heterocycles. The van der Waals surface area contributed by atoms with Gasteiger partial charge in [0.15, 0.2) is 5.78 Å². The lowest BCUT2D eigenvalue weighted by molar-refractivity contribution is -0.153. The molecule has 1 aliphatic carbocycles. The number of hydrogen-bond acceptors (Lipinski definition) is 5. The summed E-state index contributed by atoms with van der Waals surface area (Å²) < 4.78 is 5.29. The van der Waals surface area contributed by atoms with Gasteiger partial charge in [-0.15, -0.1) is 6.58 Å². The van der Waals surface area contributed by atoms with Gasteiger partial charge in [0.25, 0.3) is 5.91 Å². The summed E-state index contributed by atoms with van der Waals surface area (Å²) in [5.41, 5.74) is -0.909. The van der Waals surface area contributed by atoms with Crippen LogP contribution in [-0.2, 0) is 19.1 Å². The molecule has 0 bridgehead atoms. The van der Waals surface area contributed by atoms with Crippen LogP contribution in [0.15, 0.2) is 43.0 Å². The summed E-state index contributed by atoms with van der Waals surface area (Å²) in [4.78, 5) is 38.0. The van der Waals surface area contributed by atoms with Crippen LogP contribution in [0.25, 0.3) is 0 Å². The molecule has 1 fully saturated rings. The van der Waals surface area contributed by atoms with E-state index in [1.165, 1.54) is 6.08 Å². The highest BCUT2D eigenvalue weighted by atomic mass is 16.6. The quantitative estimate of drug-likeness (QED) is 0.399. The molecule has 1 aromatic rings. The van der Waals surface area contributed by atoms with E-state index >= 15 is 0 Å². The van der Waals surface area contributed by atoms with Crippen molar-refractivity contribution in [2.75, 3.05) is 6.54 Å². The number of esters is 1. The minimum Gasteiger partial charge on any atom is -0.459 e. The van der Waals surface area contributed by atoms with Gasteiger partial charge in [-0.05, 0) is 45.7 Å². The molecule has 0 radical (unpaired) electrons. The smallest absolute Gasteiger partial charge is 0.320 e. The Morgan fingerprint density at radius 1 is 1.16 bits per heavy atom. The molecule has 6 heteroatoms. The summed E-state index contributed by atoms with van der Waals surface area (Å²) in [5, 5.41) is 5.79. The van der Waals surface area contributed by atoms with Crippen LogP contribution in [0.2, 0.25) is 0 Å². The van der Waals surface area contributed by atoms with Crippen LogP contribution in [0.4, 0.5) is 0 Å². The van der Waals surface area contributed by atoms with E-state index in [-0.39, 0.29) is 12.3 Å². The predicted molar refractivity (Wildman–Crippen MR) is 120 cm³/mol. The van der Waals surface area contributed by atoms with Crippen molar-refractivity contribution < 1.29 is 19.1 Å². The van der Waals surface area contributed by atoms with E-state index in [9.17, 15) is 14.4 Å². The Kier molecular flexibility index (Phi) is 8.58. The highest BCUT2D eigenvalue weighted by Gasteiger charge is 2.43. The summed E-state index contributed by atoms with van der Waals surface area (Å²) in [7, 11) is 0. The Morgan fingerprint density at radius 2 is 1.81 bits per heavy atom. The third-order valence-electron chi connectivity index (χ3n) is 5.03. The van der Waals surface area contributed by atoms with E-state index in [2.05, 4.69) is 29.1 Å². The molecule has 0 saturated heterocycles. The molecule has 1 amide bonds. The standard InChI is InChI=1S/C25H32N2O4/c1-5-20(26-18-22(29)31-24(2,3)4)23(30)25(16-10-7-11-17-25)27-21(28)15-14-19-12-8-6-9-13-19/h5-6,8-9,12-13,20,26H,1,7,10-11,16-18H2,2-4H3,(H,27,28). The Hall–Kier alpha value is -2.91. The van der Waals surface area contributed by atoms with Crippen LogP contribution in [0.5, 0.6) is 0 Å². The van der Waals surface area contributed by atoms with Crippen molar-refractivity contribution in [1.82, 2.24) is 10.6 Å². The Morgan fingerprint density at radius 3 is 2.39 bits per heavy atom.